The quantitative estimate of drug-likeness (QED) is 0.262. The van der Waals surface area contributed by atoms with Crippen LogP contribution in [0.15, 0.2) is 60.8 Å². The normalized spacial score (nSPS) is 11.8. The topological polar surface area (TPSA) is 64.0 Å². The molecule has 0 bridgehead atoms. The van der Waals surface area contributed by atoms with Gasteiger partial charge in [-0.1, -0.05) is 29.8 Å². The third-order valence-corrected chi connectivity index (χ3v) is 6.34. The molecule has 0 saturated heterocycles. The Labute approximate surface area is 217 Å². The summed E-state index contributed by atoms with van der Waals surface area (Å²) in [6, 6.07) is 16.3. The zero-order chi connectivity index (χ0) is 26.9. The molecule has 9 heteroatoms. The van der Waals surface area contributed by atoms with Crippen LogP contribution in [0.4, 0.5) is 13.2 Å². The SMILES string of the molecule is Cn1c(-c2ccc(Cl)cc2)cc2cc(CC(=O)c3cc(CNC(=O)C(C)(C)F)cnc3C(F)F)ccc21. The first kappa shape index (κ1) is 26.4. The monoisotopic (exact) mass is 527 g/mol. The molecule has 0 aliphatic rings. The first-order valence-electron chi connectivity index (χ1n) is 11.6. The molecule has 1 amide bonds. The van der Waals surface area contributed by atoms with Crippen molar-refractivity contribution in [2.75, 3.05) is 0 Å². The highest BCUT2D eigenvalue weighted by atomic mass is 35.5. The van der Waals surface area contributed by atoms with E-state index in [2.05, 4.69) is 10.3 Å². The average molecular weight is 528 g/mol. The molecule has 0 aliphatic carbocycles. The molecule has 0 saturated carbocycles. The van der Waals surface area contributed by atoms with Crippen LogP contribution in [-0.4, -0.2) is 26.9 Å². The predicted octanol–water partition coefficient (Wildman–Crippen LogP) is 6.62. The summed E-state index contributed by atoms with van der Waals surface area (Å²) in [4.78, 5) is 28.7. The number of halogens is 4. The number of Topliss-reactive ketones (excluding diaryl/α,β-unsaturated/α-hetero) is 1. The number of amides is 1. The molecule has 2 heterocycles. The second kappa shape index (κ2) is 10.4. The molecule has 2 aromatic carbocycles. The van der Waals surface area contributed by atoms with Gasteiger partial charge in [0.1, 0.15) is 5.69 Å². The Bertz CT molecular complexity index is 1470. The highest BCUT2D eigenvalue weighted by molar-refractivity contribution is 6.30. The van der Waals surface area contributed by atoms with Gasteiger partial charge in [0.25, 0.3) is 12.3 Å². The van der Waals surface area contributed by atoms with Crippen LogP contribution in [-0.2, 0) is 24.8 Å². The van der Waals surface area contributed by atoms with Gasteiger partial charge in [-0.25, -0.2) is 13.2 Å². The van der Waals surface area contributed by atoms with Gasteiger partial charge in [-0.15, -0.1) is 0 Å². The number of aromatic nitrogens is 2. The minimum absolute atomic E-state index is 0.115. The summed E-state index contributed by atoms with van der Waals surface area (Å²) in [6.07, 6.45) is -1.92. The predicted molar refractivity (Wildman–Crippen MR) is 138 cm³/mol. The van der Waals surface area contributed by atoms with Crippen molar-refractivity contribution in [2.45, 2.75) is 38.9 Å². The molecule has 0 fully saturated rings. The smallest absolute Gasteiger partial charge is 0.281 e. The van der Waals surface area contributed by atoms with Crippen LogP contribution in [0.25, 0.3) is 22.2 Å². The molecule has 0 unspecified atom stereocenters. The largest absolute Gasteiger partial charge is 0.349 e. The van der Waals surface area contributed by atoms with Crippen molar-refractivity contribution in [3.05, 3.63) is 88.2 Å². The Kier molecular flexibility index (Phi) is 7.41. The van der Waals surface area contributed by atoms with Crippen LogP contribution in [0, 0.1) is 0 Å². The molecule has 4 aromatic rings. The maximum Gasteiger partial charge on any atom is 0.281 e. The average Bonchev–Trinajstić information content (AvgIpc) is 3.17. The number of carbonyl (C=O) groups excluding carboxylic acids is 2. The lowest BCUT2D eigenvalue weighted by Gasteiger charge is -2.15. The Hall–Kier alpha value is -3.65. The molecule has 0 radical (unpaired) electrons. The molecule has 4 rings (SSSR count). The van der Waals surface area contributed by atoms with E-state index in [4.69, 9.17) is 11.6 Å². The van der Waals surface area contributed by atoms with Gasteiger partial charge in [0, 0.05) is 53.4 Å². The molecular formula is C28H25ClF3N3O2. The van der Waals surface area contributed by atoms with Gasteiger partial charge in [0.05, 0.1) is 0 Å². The zero-order valence-corrected chi connectivity index (χ0v) is 21.2. The maximum atomic E-state index is 13.8. The van der Waals surface area contributed by atoms with Crippen molar-refractivity contribution in [3.63, 3.8) is 0 Å². The fraction of sp³-hybridized carbons (Fsp3) is 0.250. The number of hydrogen-bond donors (Lipinski definition) is 1. The number of fused-ring (bicyclic) bond motifs is 1. The maximum absolute atomic E-state index is 13.8. The number of nitrogens with zero attached hydrogens (tertiary/aromatic N) is 2. The van der Waals surface area contributed by atoms with Crippen molar-refractivity contribution in [3.8, 4) is 11.3 Å². The number of benzene rings is 2. The van der Waals surface area contributed by atoms with Crippen molar-refractivity contribution in [2.24, 2.45) is 7.05 Å². The second-order valence-electron chi connectivity index (χ2n) is 9.32. The van der Waals surface area contributed by atoms with Gasteiger partial charge in [-0.2, -0.15) is 0 Å². The lowest BCUT2D eigenvalue weighted by molar-refractivity contribution is -0.130. The second-order valence-corrected chi connectivity index (χ2v) is 9.76. The molecular weight excluding hydrogens is 503 g/mol. The van der Waals surface area contributed by atoms with Gasteiger partial charge in [0.2, 0.25) is 0 Å². The number of pyridine rings is 1. The number of hydrogen-bond acceptors (Lipinski definition) is 3. The number of rotatable bonds is 8. The van der Waals surface area contributed by atoms with E-state index < -0.39 is 29.5 Å². The van der Waals surface area contributed by atoms with Gasteiger partial charge < -0.3 is 9.88 Å². The van der Waals surface area contributed by atoms with Crippen LogP contribution < -0.4 is 5.32 Å². The number of alkyl halides is 3. The summed E-state index contributed by atoms with van der Waals surface area (Å²) < 4.78 is 43.0. The van der Waals surface area contributed by atoms with E-state index in [1.807, 2.05) is 54.1 Å². The van der Waals surface area contributed by atoms with Crippen molar-refractivity contribution >= 4 is 34.2 Å². The Morgan fingerprint density at radius 2 is 1.76 bits per heavy atom. The molecule has 0 atom stereocenters. The highest BCUT2D eigenvalue weighted by Crippen LogP contribution is 2.30. The summed E-state index contributed by atoms with van der Waals surface area (Å²) in [5, 5.41) is 3.92. The van der Waals surface area contributed by atoms with Crippen LogP contribution in [0.5, 0.6) is 0 Å². The lowest BCUT2D eigenvalue weighted by Crippen LogP contribution is -2.38. The molecule has 5 nitrogen and oxygen atoms in total. The number of nitrogens with one attached hydrogen (secondary N) is 1. The minimum Gasteiger partial charge on any atom is -0.349 e. The summed E-state index contributed by atoms with van der Waals surface area (Å²) in [7, 11) is 1.94. The van der Waals surface area contributed by atoms with Crippen molar-refractivity contribution < 1.29 is 22.8 Å². The first-order chi connectivity index (χ1) is 17.4. The van der Waals surface area contributed by atoms with E-state index in [1.165, 1.54) is 6.07 Å². The molecule has 0 aliphatic heterocycles. The molecule has 1 N–H and O–H groups in total. The van der Waals surface area contributed by atoms with E-state index in [9.17, 15) is 22.8 Å². The fourth-order valence-electron chi connectivity index (χ4n) is 4.09. The zero-order valence-electron chi connectivity index (χ0n) is 20.5. The lowest BCUT2D eigenvalue weighted by atomic mass is 9.99. The van der Waals surface area contributed by atoms with Crippen molar-refractivity contribution in [1.82, 2.24) is 14.9 Å². The molecule has 2 aromatic heterocycles. The van der Waals surface area contributed by atoms with Crippen molar-refractivity contribution in [1.29, 1.82) is 0 Å². The van der Waals surface area contributed by atoms with Crippen LogP contribution in [0.2, 0.25) is 5.02 Å². The van der Waals surface area contributed by atoms with Gasteiger partial charge in [-0.3, -0.25) is 14.6 Å². The van der Waals surface area contributed by atoms with Gasteiger partial charge in [0.15, 0.2) is 11.5 Å². The molecule has 192 valence electrons. The number of carbonyl (C=O) groups is 2. The summed E-state index contributed by atoms with van der Waals surface area (Å²) in [6.45, 7) is 2.07. The summed E-state index contributed by atoms with van der Waals surface area (Å²) in [5.41, 5.74) is 0.912. The standard InChI is InChI=1S/C28H25ClF3N3O2/c1-28(2,32)27(37)34-15-17-11-21(25(26(30)31)33-14-17)24(36)12-16-4-9-22-19(10-16)13-23(35(22)3)18-5-7-20(29)8-6-18/h4-11,13-14,26H,12,15H2,1-3H3,(H,34,37). The Morgan fingerprint density at radius 1 is 1.05 bits per heavy atom. The minimum atomic E-state index is -2.95. The number of aryl methyl sites for hydroxylation is 1. The number of ketones is 1. The van der Waals surface area contributed by atoms with E-state index in [1.54, 1.807) is 6.07 Å². The third-order valence-electron chi connectivity index (χ3n) is 6.09. The summed E-state index contributed by atoms with van der Waals surface area (Å²) in [5.74, 6) is -1.39. The van der Waals surface area contributed by atoms with E-state index in [0.29, 0.717) is 16.1 Å². The Balaban J connectivity index is 1.59. The van der Waals surface area contributed by atoms with Gasteiger partial charge in [-0.05, 0) is 66.9 Å². The first-order valence-corrected chi connectivity index (χ1v) is 11.9. The van der Waals surface area contributed by atoms with E-state index >= 15 is 0 Å². The van der Waals surface area contributed by atoms with Crippen LogP contribution in [0.3, 0.4) is 0 Å². The highest BCUT2D eigenvalue weighted by Gasteiger charge is 2.26. The molecule has 37 heavy (non-hydrogen) atoms. The van der Waals surface area contributed by atoms with E-state index in [-0.39, 0.29) is 18.5 Å². The van der Waals surface area contributed by atoms with E-state index in [0.717, 1.165) is 42.2 Å². The third kappa shape index (κ3) is 5.85. The van der Waals surface area contributed by atoms with Gasteiger partial charge >= 0.3 is 0 Å². The van der Waals surface area contributed by atoms with Crippen LogP contribution in [0.1, 0.15) is 47.5 Å². The molecule has 0 spiro atoms. The fourth-order valence-corrected chi connectivity index (χ4v) is 4.22. The summed E-state index contributed by atoms with van der Waals surface area (Å²) >= 11 is 6.00. The van der Waals surface area contributed by atoms with Crippen LogP contribution >= 0.6 is 11.6 Å². The Morgan fingerprint density at radius 3 is 2.41 bits per heavy atom.